The number of hydrogen-bond acceptors (Lipinski definition) is 6. The molecule has 3 heterocycles. The Bertz CT molecular complexity index is 1020. The van der Waals surface area contributed by atoms with Crippen molar-refractivity contribution >= 4 is 17.9 Å². The molecule has 0 aliphatic carbocycles. The number of benzene rings is 1. The summed E-state index contributed by atoms with van der Waals surface area (Å²) in [5, 5.41) is 10.2. The lowest BCUT2D eigenvalue weighted by Crippen LogP contribution is -2.20. The van der Waals surface area contributed by atoms with Crippen LogP contribution >= 0.6 is 12.2 Å². The molecule has 4 rings (SSSR count). The molecule has 0 saturated carbocycles. The fraction of sp³-hybridized carbons (Fsp3) is 0.176. The molecule has 6 nitrogen and oxygen atoms in total. The standard InChI is InChI=1S/C17H13F2N5OS/c18-11-4-2-1-3-10(11)9-24-15(13-5-6-25-23-13)7-14(22-24)16-20-8-12(19)17(26)21-16/h1-6,8,15H,7,9H2,(H,20,21,26). The maximum absolute atomic E-state index is 14.0. The summed E-state index contributed by atoms with van der Waals surface area (Å²) in [4.78, 5) is 6.76. The smallest absolute Gasteiger partial charge is 0.176 e. The Kier molecular flexibility index (Phi) is 4.29. The van der Waals surface area contributed by atoms with Crippen LogP contribution in [0, 0.1) is 16.3 Å². The predicted octanol–water partition coefficient (Wildman–Crippen LogP) is 3.76. The molecule has 1 aliphatic heterocycles. The highest BCUT2D eigenvalue weighted by Crippen LogP contribution is 2.32. The molecule has 0 saturated heterocycles. The average Bonchev–Trinajstić information content (AvgIpc) is 3.29. The maximum atomic E-state index is 14.0. The summed E-state index contributed by atoms with van der Waals surface area (Å²) in [6.07, 6.45) is 2.98. The van der Waals surface area contributed by atoms with Gasteiger partial charge in [-0.3, -0.25) is 5.01 Å². The summed E-state index contributed by atoms with van der Waals surface area (Å²) >= 11 is 4.92. The first kappa shape index (κ1) is 16.5. The van der Waals surface area contributed by atoms with E-state index in [9.17, 15) is 8.78 Å². The van der Waals surface area contributed by atoms with Gasteiger partial charge in [-0.05, 0) is 6.07 Å². The highest BCUT2D eigenvalue weighted by atomic mass is 32.1. The van der Waals surface area contributed by atoms with E-state index in [1.54, 1.807) is 29.3 Å². The number of halogens is 2. The van der Waals surface area contributed by atoms with Crippen molar-refractivity contribution in [3.63, 3.8) is 0 Å². The van der Waals surface area contributed by atoms with Gasteiger partial charge in [0.2, 0.25) is 0 Å². The molecular formula is C17H13F2N5OS. The zero-order valence-electron chi connectivity index (χ0n) is 13.4. The summed E-state index contributed by atoms with van der Waals surface area (Å²) in [5.41, 5.74) is 1.76. The third-order valence-corrected chi connectivity index (χ3v) is 4.41. The van der Waals surface area contributed by atoms with E-state index in [2.05, 4.69) is 20.2 Å². The Hall–Kier alpha value is -2.94. The largest absolute Gasteiger partial charge is 0.364 e. The highest BCUT2D eigenvalue weighted by Gasteiger charge is 2.32. The Balaban J connectivity index is 1.69. The molecule has 0 radical (unpaired) electrons. The van der Waals surface area contributed by atoms with E-state index in [1.165, 1.54) is 12.3 Å². The summed E-state index contributed by atoms with van der Waals surface area (Å²) in [6, 6.07) is 7.99. The molecule has 1 aliphatic rings. The van der Waals surface area contributed by atoms with Gasteiger partial charge in [-0.25, -0.2) is 13.8 Å². The van der Waals surface area contributed by atoms with Gasteiger partial charge < -0.3 is 9.51 Å². The van der Waals surface area contributed by atoms with Gasteiger partial charge in [0.15, 0.2) is 11.6 Å². The van der Waals surface area contributed by atoms with Crippen molar-refractivity contribution in [2.75, 3.05) is 0 Å². The second-order valence-electron chi connectivity index (χ2n) is 5.79. The molecule has 1 unspecified atom stereocenters. The quantitative estimate of drug-likeness (QED) is 0.705. The number of aromatic amines is 1. The number of nitrogens with one attached hydrogen (secondary N) is 1. The Labute approximate surface area is 152 Å². The zero-order chi connectivity index (χ0) is 18.1. The van der Waals surface area contributed by atoms with Gasteiger partial charge in [0, 0.05) is 18.1 Å². The van der Waals surface area contributed by atoms with Gasteiger partial charge in [0.25, 0.3) is 0 Å². The van der Waals surface area contributed by atoms with Crippen LogP contribution in [0.25, 0.3) is 0 Å². The van der Waals surface area contributed by atoms with E-state index >= 15 is 0 Å². The van der Waals surface area contributed by atoms with Crippen molar-refractivity contribution in [1.82, 2.24) is 20.1 Å². The Morgan fingerprint density at radius 1 is 1.23 bits per heavy atom. The van der Waals surface area contributed by atoms with Gasteiger partial charge in [0.05, 0.1) is 18.8 Å². The molecule has 3 aromatic rings. The van der Waals surface area contributed by atoms with E-state index < -0.39 is 5.82 Å². The average molecular weight is 373 g/mol. The number of nitrogens with zero attached hydrogens (tertiary/aromatic N) is 4. The minimum absolute atomic E-state index is 0.0387. The lowest BCUT2D eigenvalue weighted by molar-refractivity contribution is 0.211. The van der Waals surface area contributed by atoms with E-state index in [4.69, 9.17) is 16.7 Å². The fourth-order valence-electron chi connectivity index (χ4n) is 2.82. The van der Waals surface area contributed by atoms with Crippen molar-refractivity contribution in [3.8, 4) is 0 Å². The van der Waals surface area contributed by atoms with Gasteiger partial charge in [-0.15, -0.1) is 0 Å². The van der Waals surface area contributed by atoms with E-state index in [-0.39, 0.29) is 23.0 Å². The minimum Gasteiger partial charge on any atom is -0.364 e. The molecule has 0 fully saturated rings. The molecule has 0 amide bonds. The molecule has 9 heteroatoms. The number of hydrazone groups is 1. The van der Waals surface area contributed by atoms with Crippen molar-refractivity contribution < 1.29 is 13.3 Å². The number of H-pyrrole nitrogens is 1. The van der Waals surface area contributed by atoms with Gasteiger partial charge in [-0.2, -0.15) is 5.10 Å². The minimum atomic E-state index is -0.599. The molecule has 1 aromatic carbocycles. The van der Waals surface area contributed by atoms with Crippen LogP contribution < -0.4 is 0 Å². The third kappa shape index (κ3) is 3.13. The van der Waals surface area contributed by atoms with Crippen molar-refractivity contribution in [1.29, 1.82) is 0 Å². The highest BCUT2D eigenvalue weighted by molar-refractivity contribution is 7.71. The molecule has 2 aromatic heterocycles. The zero-order valence-corrected chi connectivity index (χ0v) is 14.2. The predicted molar refractivity (Wildman–Crippen MR) is 91.7 cm³/mol. The maximum Gasteiger partial charge on any atom is 0.176 e. The number of hydrogen-bond donors (Lipinski definition) is 1. The lowest BCUT2D eigenvalue weighted by atomic mass is 10.1. The Morgan fingerprint density at radius 3 is 2.81 bits per heavy atom. The van der Waals surface area contributed by atoms with Crippen LogP contribution in [0.5, 0.6) is 0 Å². The van der Waals surface area contributed by atoms with Crippen LogP contribution in [-0.4, -0.2) is 25.8 Å². The lowest BCUT2D eigenvalue weighted by Gasteiger charge is -2.21. The van der Waals surface area contributed by atoms with Crippen LogP contribution in [0.1, 0.15) is 29.5 Å². The van der Waals surface area contributed by atoms with E-state index in [0.717, 1.165) is 6.20 Å². The normalized spacial score (nSPS) is 16.8. The molecule has 0 bridgehead atoms. The second-order valence-corrected chi connectivity index (χ2v) is 6.20. The molecular weight excluding hydrogens is 360 g/mol. The van der Waals surface area contributed by atoms with Crippen LogP contribution in [0.4, 0.5) is 8.78 Å². The van der Waals surface area contributed by atoms with E-state index in [1.807, 2.05) is 0 Å². The number of aromatic nitrogens is 3. The summed E-state index contributed by atoms with van der Waals surface area (Å²) < 4.78 is 32.3. The Morgan fingerprint density at radius 2 is 2.08 bits per heavy atom. The second kappa shape index (κ2) is 6.75. The topological polar surface area (TPSA) is 70.3 Å². The van der Waals surface area contributed by atoms with E-state index in [0.29, 0.717) is 29.2 Å². The monoisotopic (exact) mass is 373 g/mol. The molecule has 26 heavy (non-hydrogen) atoms. The van der Waals surface area contributed by atoms with Gasteiger partial charge in [-0.1, -0.05) is 35.6 Å². The van der Waals surface area contributed by atoms with Crippen molar-refractivity contribution in [2.45, 2.75) is 19.0 Å². The molecule has 1 atom stereocenters. The van der Waals surface area contributed by atoms with Gasteiger partial charge >= 0.3 is 0 Å². The SMILES string of the molecule is Fc1ccccc1CN1N=C(c2ncc(F)c(=S)[nH]2)CC1c1ccon1. The molecule has 1 N–H and O–H groups in total. The first-order chi connectivity index (χ1) is 12.6. The summed E-state index contributed by atoms with van der Waals surface area (Å²) in [5.74, 6) is -0.533. The van der Waals surface area contributed by atoms with Crippen LogP contribution in [0.3, 0.4) is 0 Å². The first-order valence-corrected chi connectivity index (χ1v) is 8.25. The van der Waals surface area contributed by atoms with Crippen LogP contribution in [0.15, 0.2) is 52.4 Å². The van der Waals surface area contributed by atoms with Crippen molar-refractivity contribution in [2.24, 2.45) is 5.10 Å². The summed E-state index contributed by atoms with van der Waals surface area (Å²) in [7, 11) is 0. The van der Waals surface area contributed by atoms with Crippen LogP contribution in [-0.2, 0) is 6.54 Å². The summed E-state index contributed by atoms with van der Waals surface area (Å²) in [6.45, 7) is 0.246. The third-order valence-electron chi connectivity index (χ3n) is 4.11. The molecule has 132 valence electrons. The van der Waals surface area contributed by atoms with Crippen molar-refractivity contribution in [3.05, 3.63) is 76.1 Å². The first-order valence-electron chi connectivity index (χ1n) is 7.85. The molecule has 0 spiro atoms. The van der Waals surface area contributed by atoms with Gasteiger partial charge in [0.1, 0.15) is 28.1 Å². The van der Waals surface area contributed by atoms with Crippen LogP contribution in [0.2, 0.25) is 0 Å². The number of rotatable bonds is 4. The fourth-order valence-corrected chi connectivity index (χ4v) is 2.97.